The Bertz CT molecular complexity index is 604. The number of pyridine rings is 1. The highest BCUT2D eigenvalue weighted by Gasteiger charge is 2.15. The monoisotopic (exact) mass is 351 g/mol. The van der Waals surface area contributed by atoms with E-state index in [9.17, 15) is 4.79 Å². The number of hydrogen-bond donors (Lipinski definition) is 0. The van der Waals surface area contributed by atoms with Crippen LogP contribution in [0.2, 0.25) is 0 Å². The van der Waals surface area contributed by atoms with Crippen LogP contribution in [0.15, 0.2) is 47.1 Å². The van der Waals surface area contributed by atoms with Crippen molar-refractivity contribution in [2.24, 2.45) is 0 Å². The van der Waals surface area contributed by atoms with Gasteiger partial charge in [-0.25, -0.2) is 9.78 Å². The molecule has 2 aromatic rings. The van der Waals surface area contributed by atoms with E-state index in [1.54, 1.807) is 12.1 Å². The van der Waals surface area contributed by atoms with Gasteiger partial charge >= 0.3 is 5.97 Å². The summed E-state index contributed by atoms with van der Waals surface area (Å²) in [5, 5.41) is 0. The van der Waals surface area contributed by atoms with Crippen molar-refractivity contribution in [1.82, 2.24) is 4.98 Å². The molecule has 0 saturated carbocycles. The molecule has 0 bridgehead atoms. The number of nitrogens with zero attached hydrogens (tertiary/aromatic N) is 1. The van der Waals surface area contributed by atoms with Gasteiger partial charge in [0.05, 0.1) is 7.11 Å². The first-order valence-electron chi connectivity index (χ1n) is 6.26. The minimum absolute atomic E-state index is 0.131. The molecule has 1 aromatic heterocycles. The fraction of sp³-hybridized carbons (Fsp3) is 0.200. The third-order valence-corrected chi connectivity index (χ3v) is 3.00. The fourth-order valence-corrected chi connectivity index (χ4v) is 1.92. The molecule has 1 heterocycles. The van der Waals surface area contributed by atoms with Gasteiger partial charge in [-0.1, -0.05) is 18.2 Å². The Balaban J connectivity index is 1.92. The molecule has 0 fully saturated rings. The molecule has 0 aliphatic rings. The molecule has 0 spiro atoms. The normalized spacial score (nSPS) is 10.0. The minimum atomic E-state index is -0.546. The Morgan fingerprint density at radius 3 is 2.52 bits per heavy atom. The highest BCUT2D eigenvalue weighted by atomic mass is 79.9. The van der Waals surface area contributed by atoms with Gasteiger partial charge in [0.25, 0.3) is 0 Å². The molecule has 0 amide bonds. The van der Waals surface area contributed by atoms with Crippen LogP contribution in [0.1, 0.15) is 10.5 Å². The topological polar surface area (TPSA) is 57.7 Å². The molecule has 0 aliphatic heterocycles. The number of methoxy groups -OCH3 is 1. The summed E-state index contributed by atoms with van der Waals surface area (Å²) in [7, 11) is 1.30. The van der Waals surface area contributed by atoms with Crippen molar-refractivity contribution < 1.29 is 19.0 Å². The van der Waals surface area contributed by atoms with Gasteiger partial charge in [-0.2, -0.15) is 0 Å². The Morgan fingerprint density at radius 2 is 1.81 bits per heavy atom. The zero-order chi connectivity index (χ0) is 15.1. The molecule has 0 atom stereocenters. The van der Waals surface area contributed by atoms with Gasteiger partial charge < -0.3 is 14.2 Å². The summed E-state index contributed by atoms with van der Waals surface area (Å²) in [6.45, 7) is 0.656. The quantitative estimate of drug-likeness (QED) is 0.454. The number of carbonyl (C=O) groups excluding carboxylic acids is 1. The number of benzene rings is 1. The standard InChI is InChI=1S/C15H14BrNO4/c1-19-15(18)14-12(7-8-13(16)17-14)21-10-9-20-11-5-3-2-4-6-11/h2-8H,9-10H2,1H3. The van der Waals surface area contributed by atoms with Gasteiger partial charge in [-0.05, 0) is 40.2 Å². The second kappa shape index (κ2) is 7.64. The summed E-state index contributed by atoms with van der Waals surface area (Å²) >= 11 is 3.21. The summed E-state index contributed by atoms with van der Waals surface area (Å²) in [6.07, 6.45) is 0. The lowest BCUT2D eigenvalue weighted by atomic mass is 10.3. The van der Waals surface area contributed by atoms with Crippen molar-refractivity contribution >= 4 is 21.9 Å². The third-order valence-electron chi connectivity index (χ3n) is 2.56. The fourth-order valence-electron chi connectivity index (χ4n) is 1.61. The zero-order valence-electron chi connectivity index (χ0n) is 11.4. The number of ether oxygens (including phenoxy) is 3. The minimum Gasteiger partial charge on any atom is -0.490 e. The number of carbonyl (C=O) groups is 1. The van der Waals surface area contributed by atoms with E-state index in [2.05, 4.69) is 25.7 Å². The van der Waals surface area contributed by atoms with Gasteiger partial charge in [0.2, 0.25) is 0 Å². The summed E-state index contributed by atoms with van der Waals surface area (Å²) in [5.74, 6) is 0.584. The highest BCUT2D eigenvalue weighted by Crippen LogP contribution is 2.20. The Labute approximate surface area is 131 Å². The van der Waals surface area contributed by atoms with E-state index in [0.29, 0.717) is 23.6 Å². The lowest BCUT2D eigenvalue weighted by molar-refractivity contribution is 0.0587. The van der Waals surface area contributed by atoms with Crippen LogP contribution < -0.4 is 9.47 Å². The van der Waals surface area contributed by atoms with Crippen molar-refractivity contribution in [3.8, 4) is 11.5 Å². The third kappa shape index (κ3) is 4.46. The molecule has 0 N–H and O–H groups in total. The van der Waals surface area contributed by atoms with E-state index in [1.165, 1.54) is 7.11 Å². The maximum atomic E-state index is 11.6. The first-order chi connectivity index (χ1) is 10.2. The van der Waals surface area contributed by atoms with E-state index < -0.39 is 5.97 Å². The zero-order valence-corrected chi connectivity index (χ0v) is 13.0. The Kier molecular flexibility index (Phi) is 5.57. The second-order valence-electron chi connectivity index (χ2n) is 3.98. The van der Waals surface area contributed by atoms with E-state index in [1.807, 2.05) is 30.3 Å². The van der Waals surface area contributed by atoms with Crippen LogP contribution in [0, 0.1) is 0 Å². The maximum absolute atomic E-state index is 11.6. The van der Waals surface area contributed by atoms with Crippen LogP contribution in [-0.4, -0.2) is 31.3 Å². The van der Waals surface area contributed by atoms with Crippen LogP contribution in [-0.2, 0) is 4.74 Å². The number of aromatic nitrogens is 1. The molecule has 0 radical (unpaired) electrons. The van der Waals surface area contributed by atoms with Gasteiger partial charge in [0.15, 0.2) is 11.4 Å². The van der Waals surface area contributed by atoms with Crippen molar-refractivity contribution in [2.45, 2.75) is 0 Å². The summed E-state index contributed by atoms with van der Waals surface area (Å²) in [4.78, 5) is 15.7. The van der Waals surface area contributed by atoms with Crippen LogP contribution >= 0.6 is 15.9 Å². The molecular weight excluding hydrogens is 338 g/mol. The number of hydrogen-bond acceptors (Lipinski definition) is 5. The predicted molar refractivity (Wildman–Crippen MR) is 80.7 cm³/mol. The summed E-state index contributed by atoms with van der Waals surface area (Å²) in [5.41, 5.74) is 0.131. The van der Waals surface area contributed by atoms with Crippen LogP contribution in [0.3, 0.4) is 0 Å². The van der Waals surface area contributed by atoms with Crippen molar-refractivity contribution in [3.05, 3.63) is 52.8 Å². The predicted octanol–water partition coefficient (Wildman–Crippen LogP) is 3.09. The molecule has 1 aromatic carbocycles. The lowest BCUT2D eigenvalue weighted by Gasteiger charge is -2.10. The van der Waals surface area contributed by atoms with Gasteiger partial charge in [-0.3, -0.25) is 0 Å². The number of halogens is 1. The molecule has 0 saturated heterocycles. The van der Waals surface area contributed by atoms with Crippen molar-refractivity contribution in [2.75, 3.05) is 20.3 Å². The maximum Gasteiger partial charge on any atom is 0.360 e. The molecule has 2 rings (SSSR count). The van der Waals surface area contributed by atoms with E-state index in [0.717, 1.165) is 5.75 Å². The van der Waals surface area contributed by atoms with Crippen LogP contribution in [0.5, 0.6) is 11.5 Å². The smallest absolute Gasteiger partial charge is 0.360 e. The van der Waals surface area contributed by atoms with Gasteiger partial charge in [0.1, 0.15) is 23.6 Å². The lowest BCUT2D eigenvalue weighted by Crippen LogP contribution is -2.13. The number of para-hydroxylation sites is 1. The first-order valence-corrected chi connectivity index (χ1v) is 7.05. The summed E-state index contributed by atoms with van der Waals surface area (Å²) < 4.78 is 16.2. The summed E-state index contributed by atoms with van der Waals surface area (Å²) in [6, 6.07) is 12.8. The second-order valence-corrected chi connectivity index (χ2v) is 4.79. The molecular formula is C15H14BrNO4. The first kappa shape index (κ1) is 15.3. The van der Waals surface area contributed by atoms with Crippen molar-refractivity contribution in [3.63, 3.8) is 0 Å². The Morgan fingerprint density at radius 1 is 1.10 bits per heavy atom. The molecule has 110 valence electrons. The van der Waals surface area contributed by atoms with Crippen LogP contribution in [0.25, 0.3) is 0 Å². The van der Waals surface area contributed by atoms with E-state index >= 15 is 0 Å². The molecule has 21 heavy (non-hydrogen) atoms. The molecule has 0 unspecified atom stereocenters. The number of esters is 1. The largest absolute Gasteiger partial charge is 0.490 e. The average molecular weight is 352 g/mol. The Hall–Kier alpha value is -2.08. The van der Waals surface area contributed by atoms with E-state index in [4.69, 9.17) is 9.47 Å². The van der Waals surface area contributed by atoms with Gasteiger partial charge in [-0.15, -0.1) is 0 Å². The van der Waals surface area contributed by atoms with E-state index in [-0.39, 0.29) is 5.69 Å². The molecule has 5 nitrogen and oxygen atoms in total. The highest BCUT2D eigenvalue weighted by molar-refractivity contribution is 9.10. The van der Waals surface area contributed by atoms with Crippen molar-refractivity contribution in [1.29, 1.82) is 0 Å². The van der Waals surface area contributed by atoms with Gasteiger partial charge in [0, 0.05) is 0 Å². The molecule has 6 heteroatoms. The number of rotatable bonds is 6. The van der Waals surface area contributed by atoms with Crippen LogP contribution in [0.4, 0.5) is 0 Å². The average Bonchev–Trinajstić information content (AvgIpc) is 2.53. The molecule has 0 aliphatic carbocycles. The SMILES string of the molecule is COC(=O)c1nc(Br)ccc1OCCOc1ccccc1.